The summed E-state index contributed by atoms with van der Waals surface area (Å²) in [6.07, 6.45) is 1.89. The van der Waals surface area contributed by atoms with Gasteiger partial charge in [-0.25, -0.2) is 9.07 Å². The van der Waals surface area contributed by atoms with Gasteiger partial charge in [-0.3, -0.25) is 14.6 Å². The molecule has 0 aliphatic carbocycles. The molecule has 5 rings (SSSR count). The van der Waals surface area contributed by atoms with Crippen LogP contribution in [0.5, 0.6) is 0 Å². The van der Waals surface area contributed by atoms with Crippen molar-refractivity contribution in [2.24, 2.45) is 0 Å². The van der Waals surface area contributed by atoms with Crippen molar-refractivity contribution in [1.29, 1.82) is 0 Å². The second-order valence-electron chi connectivity index (χ2n) is 8.45. The first-order valence-corrected chi connectivity index (χ1v) is 12.2. The summed E-state index contributed by atoms with van der Waals surface area (Å²) in [6.45, 7) is 1.52. The number of amides is 2. The Kier molecular flexibility index (Phi) is 7.18. The molecule has 2 aromatic carbocycles. The van der Waals surface area contributed by atoms with Crippen LogP contribution < -0.4 is 16.0 Å². The summed E-state index contributed by atoms with van der Waals surface area (Å²) in [6, 6.07) is 16.3. The maximum absolute atomic E-state index is 13.4. The molecule has 0 spiro atoms. The fourth-order valence-corrected chi connectivity index (χ4v) is 4.59. The third kappa shape index (κ3) is 5.48. The van der Waals surface area contributed by atoms with Crippen LogP contribution in [-0.2, 0) is 0 Å². The van der Waals surface area contributed by atoms with Gasteiger partial charge in [0.2, 0.25) is 0 Å². The molecular formula is C26H21Cl2FN6O2. The number of nitrogens with zero attached hydrogens (tertiary/aromatic N) is 3. The zero-order valence-corrected chi connectivity index (χ0v) is 20.9. The third-order valence-electron chi connectivity index (χ3n) is 5.88. The maximum Gasteiger partial charge on any atom is 0.272 e. The molecule has 8 nitrogen and oxygen atoms in total. The number of hydrogen-bond acceptors (Lipinski definition) is 5. The quantitative estimate of drug-likeness (QED) is 0.329. The summed E-state index contributed by atoms with van der Waals surface area (Å²) in [5, 5.41) is 13.8. The largest absolute Gasteiger partial charge is 0.347 e. The first-order chi connectivity index (χ1) is 17.9. The second-order valence-corrected chi connectivity index (χ2v) is 9.27. The summed E-state index contributed by atoms with van der Waals surface area (Å²) in [5.41, 5.74) is 1.73. The number of benzene rings is 2. The van der Waals surface area contributed by atoms with Crippen LogP contribution in [0.3, 0.4) is 0 Å². The average Bonchev–Trinajstić information content (AvgIpc) is 3.55. The molecule has 1 atom stereocenters. The maximum atomic E-state index is 13.4. The molecule has 0 bridgehead atoms. The number of halogens is 3. The van der Waals surface area contributed by atoms with Crippen molar-refractivity contribution in [3.05, 3.63) is 94.0 Å². The van der Waals surface area contributed by atoms with Gasteiger partial charge in [0.25, 0.3) is 11.8 Å². The Bertz CT molecular complexity index is 1450. The van der Waals surface area contributed by atoms with Crippen LogP contribution in [0, 0.1) is 5.82 Å². The smallest absolute Gasteiger partial charge is 0.272 e. The lowest BCUT2D eigenvalue weighted by Crippen LogP contribution is -2.36. The number of hydrogen-bond donors (Lipinski definition) is 3. The molecule has 4 aromatic rings. The lowest BCUT2D eigenvalue weighted by atomic mass is 10.1. The van der Waals surface area contributed by atoms with E-state index < -0.39 is 11.7 Å². The van der Waals surface area contributed by atoms with Crippen LogP contribution in [0.2, 0.25) is 10.0 Å². The second kappa shape index (κ2) is 10.7. The van der Waals surface area contributed by atoms with E-state index in [0.717, 1.165) is 19.2 Å². The number of para-hydroxylation sites is 1. The Labute approximate surface area is 221 Å². The van der Waals surface area contributed by atoms with E-state index in [2.05, 4.69) is 26.0 Å². The molecule has 0 radical (unpaired) electrons. The fraction of sp³-hybridized carbons (Fsp3) is 0.154. The average molecular weight is 539 g/mol. The summed E-state index contributed by atoms with van der Waals surface area (Å²) in [5.74, 6) is -1.11. The Hall–Kier alpha value is -3.79. The zero-order chi connectivity index (χ0) is 25.9. The number of carbonyl (C=O) groups excluding carboxylic acids is 2. The van der Waals surface area contributed by atoms with Crippen molar-refractivity contribution >= 4 is 40.8 Å². The van der Waals surface area contributed by atoms with Crippen LogP contribution in [-0.4, -0.2) is 45.7 Å². The monoisotopic (exact) mass is 538 g/mol. The Morgan fingerprint density at radius 2 is 1.84 bits per heavy atom. The molecule has 1 fully saturated rings. The predicted octanol–water partition coefficient (Wildman–Crippen LogP) is 4.72. The molecule has 1 saturated heterocycles. The Morgan fingerprint density at radius 1 is 1.03 bits per heavy atom. The van der Waals surface area contributed by atoms with E-state index in [-0.39, 0.29) is 39.1 Å². The summed E-state index contributed by atoms with van der Waals surface area (Å²) < 4.78 is 14.8. The molecule has 11 heteroatoms. The van der Waals surface area contributed by atoms with Gasteiger partial charge in [0.15, 0.2) is 5.69 Å². The minimum atomic E-state index is -0.547. The molecule has 1 aliphatic rings. The standard InChI is InChI=1S/C26H21Cl2FN6O2/c27-20-11-21(28)19(10-18(20)22-7-6-15(29)13-31-22)25(36)33-24-12-23(26(37)32-16-8-9-30-14-16)34-35(24)17-4-2-1-3-5-17/h1-7,10-13,16,30H,8-9,14H2,(H,32,37)(H,33,36)/t16-/m0/s1. The van der Waals surface area contributed by atoms with Gasteiger partial charge < -0.3 is 16.0 Å². The molecule has 1 aliphatic heterocycles. The fourth-order valence-electron chi connectivity index (χ4n) is 4.02. The molecule has 3 N–H and O–H groups in total. The van der Waals surface area contributed by atoms with Crippen LogP contribution in [0.25, 0.3) is 16.9 Å². The van der Waals surface area contributed by atoms with Crippen molar-refractivity contribution in [2.45, 2.75) is 12.5 Å². The molecule has 2 aromatic heterocycles. The molecular weight excluding hydrogens is 518 g/mol. The van der Waals surface area contributed by atoms with Crippen LogP contribution in [0.15, 0.2) is 66.9 Å². The summed E-state index contributed by atoms with van der Waals surface area (Å²) >= 11 is 12.7. The normalized spacial score (nSPS) is 14.9. The lowest BCUT2D eigenvalue weighted by molar-refractivity contribution is 0.0933. The predicted molar refractivity (Wildman–Crippen MR) is 140 cm³/mol. The van der Waals surface area contributed by atoms with E-state index in [1.54, 1.807) is 12.1 Å². The highest BCUT2D eigenvalue weighted by atomic mass is 35.5. The number of pyridine rings is 1. The van der Waals surface area contributed by atoms with E-state index in [0.29, 0.717) is 23.5 Å². The highest BCUT2D eigenvalue weighted by Crippen LogP contribution is 2.32. The minimum absolute atomic E-state index is 0.0128. The molecule has 2 amide bonds. The minimum Gasteiger partial charge on any atom is -0.347 e. The summed E-state index contributed by atoms with van der Waals surface area (Å²) in [7, 11) is 0. The van der Waals surface area contributed by atoms with E-state index in [4.69, 9.17) is 23.2 Å². The van der Waals surface area contributed by atoms with Gasteiger partial charge in [0, 0.05) is 24.2 Å². The van der Waals surface area contributed by atoms with Crippen molar-refractivity contribution < 1.29 is 14.0 Å². The highest BCUT2D eigenvalue weighted by Gasteiger charge is 2.23. The number of carbonyl (C=O) groups is 2. The lowest BCUT2D eigenvalue weighted by Gasteiger charge is -2.12. The van der Waals surface area contributed by atoms with Crippen molar-refractivity contribution in [1.82, 2.24) is 25.4 Å². The van der Waals surface area contributed by atoms with E-state index in [1.165, 1.54) is 35.0 Å². The molecule has 37 heavy (non-hydrogen) atoms. The molecule has 188 valence electrons. The van der Waals surface area contributed by atoms with Gasteiger partial charge in [0.05, 0.1) is 33.2 Å². The van der Waals surface area contributed by atoms with E-state index >= 15 is 0 Å². The van der Waals surface area contributed by atoms with Crippen molar-refractivity contribution in [3.8, 4) is 16.9 Å². The third-order valence-corrected chi connectivity index (χ3v) is 6.51. The van der Waals surface area contributed by atoms with Gasteiger partial charge in [-0.05, 0) is 49.4 Å². The molecule has 0 saturated carbocycles. The van der Waals surface area contributed by atoms with Crippen molar-refractivity contribution in [2.75, 3.05) is 18.4 Å². The highest BCUT2D eigenvalue weighted by molar-refractivity contribution is 6.38. The van der Waals surface area contributed by atoms with Gasteiger partial charge in [-0.15, -0.1) is 0 Å². The molecule has 0 unspecified atom stereocenters. The number of anilines is 1. The number of nitrogens with one attached hydrogen (secondary N) is 3. The van der Waals surface area contributed by atoms with Gasteiger partial charge in [-0.1, -0.05) is 41.4 Å². The SMILES string of the molecule is O=C(N[C@H]1CCNC1)c1cc(NC(=O)c2cc(-c3ccc(F)cn3)c(Cl)cc2Cl)n(-c2ccccc2)n1. The van der Waals surface area contributed by atoms with Crippen LogP contribution >= 0.6 is 23.2 Å². The van der Waals surface area contributed by atoms with Gasteiger partial charge in [0.1, 0.15) is 11.6 Å². The zero-order valence-electron chi connectivity index (χ0n) is 19.3. The van der Waals surface area contributed by atoms with Crippen molar-refractivity contribution in [3.63, 3.8) is 0 Å². The molecule has 3 heterocycles. The van der Waals surface area contributed by atoms with Gasteiger partial charge in [-0.2, -0.15) is 5.10 Å². The van der Waals surface area contributed by atoms with Gasteiger partial charge >= 0.3 is 0 Å². The summed E-state index contributed by atoms with van der Waals surface area (Å²) in [4.78, 5) is 30.3. The number of aromatic nitrogens is 3. The topological polar surface area (TPSA) is 101 Å². The van der Waals surface area contributed by atoms with Crippen LogP contribution in [0.1, 0.15) is 27.3 Å². The Morgan fingerprint density at radius 3 is 2.54 bits per heavy atom. The first kappa shape index (κ1) is 24.9. The van der Waals surface area contributed by atoms with E-state index in [9.17, 15) is 14.0 Å². The van der Waals surface area contributed by atoms with E-state index in [1.807, 2.05) is 18.2 Å². The first-order valence-electron chi connectivity index (χ1n) is 11.5. The number of rotatable bonds is 6. The Balaban J connectivity index is 1.47. The van der Waals surface area contributed by atoms with Crippen LogP contribution in [0.4, 0.5) is 10.2 Å².